The fourth-order valence-corrected chi connectivity index (χ4v) is 1.74. The monoisotopic (exact) mass is 198 g/mol. The summed E-state index contributed by atoms with van der Waals surface area (Å²) in [6.07, 6.45) is 2.15. The molecule has 1 saturated heterocycles. The molecule has 14 heavy (non-hydrogen) atoms. The maximum atomic E-state index is 10.7. The summed E-state index contributed by atoms with van der Waals surface area (Å²) in [7, 11) is 0. The number of hydrogen-bond acceptors (Lipinski definition) is 2. The van der Waals surface area contributed by atoms with E-state index in [-0.39, 0.29) is 11.9 Å². The molecule has 0 aromatic rings. The predicted molar refractivity (Wildman–Crippen MR) is 54.9 cm³/mol. The van der Waals surface area contributed by atoms with Crippen molar-refractivity contribution in [2.45, 2.75) is 19.8 Å². The summed E-state index contributed by atoms with van der Waals surface area (Å²) in [6, 6.07) is 0. The summed E-state index contributed by atoms with van der Waals surface area (Å²) < 4.78 is 0. The molecule has 80 valence electrons. The fourth-order valence-electron chi connectivity index (χ4n) is 1.74. The van der Waals surface area contributed by atoms with Gasteiger partial charge in [-0.3, -0.25) is 10.2 Å². The van der Waals surface area contributed by atoms with Gasteiger partial charge >= 0.3 is 0 Å². The van der Waals surface area contributed by atoms with Gasteiger partial charge in [-0.2, -0.15) is 0 Å². The molecule has 1 heterocycles. The molecule has 0 radical (unpaired) electrons. The third-order valence-electron chi connectivity index (χ3n) is 2.50. The number of carbonyl (C=O) groups excluding carboxylic acids is 1. The molecule has 0 aromatic carbocycles. The highest BCUT2D eigenvalue weighted by Crippen LogP contribution is 2.14. The minimum Gasteiger partial charge on any atom is -0.370 e. The number of guanidine groups is 1. The molecule has 0 spiro atoms. The van der Waals surface area contributed by atoms with E-state index in [2.05, 4.69) is 5.32 Å². The SMILES string of the molecule is CC(=O)NC[C@@H]1CCCN(C(=N)N)C1. The zero-order valence-corrected chi connectivity index (χ0v) is 8.55. The first-order valence-corrected chi connectivity index (χ1v) is 4.93. The molecule has 1 aliphatic rings. The lowest BCUT2D eigenvalue weighted by Crippen LogP contribution is -2.46. The van der Waals surface area contributed by atoms with Gasteiger partial charge in [0.05, 0.1) is 0 Å². The number of amides is 1. The van der Waals surface area contributed by atoms with Gasteiger partial charge in [0.15, 0.2) is 5.96 Å². The van der Waals surface area contributed by atoms with Crippen molar-refractivity contribution in [1.82, 2.24) is 10.2 Å². The summed E-state index contributed by atoms with van der Waals surface area (Å²) in [5.41, 5.74) is 5.41. The van der Waals surface area contributed by atoms with Crippen molar-refractivity contribution >= 4 is 11.9 Å². The van der Waals surface area contributed by atoms with Crippen molar-refractivity contribution < 1.29 is 4.79 Å². The van der Waals surface area contributed by atoms with Gasteiger partial charge in [-0.15, -0.1) is 0 Å². The van der Waals surface area contributed by atoms with Crippen LogP contribution in [0.2, 0.25) is 0 Å². The Morgan fingerprint density at radius 3 is 3.00 bits per heavy atom. The Labute approximate surface area is 84.1 Å². The van der Waals surface area contributed by atoms with E-state index in [0.717, 1.165) is 25.9 Å². The summed E-state index contributed by atoms with van der Waals surface area (Å²) in [6.45, 7) is 3.87. The molecule has 0 saturated carbocycles. The van der Waals surface area contributed by atoms with Crippen LogP contribution in [0.1, 0.15) is 19.8 Å². The van der Waals surface area contributed by atoms with Crippen LogP contribution in [-0.2, 0) is 4.79 Å². The van der Waals surface area contributed by atoms with Crippen LogP contribution in [0.4, 0.5) is 0 Å². The number of nitrogens with two attached hydrogens (primary N) is 1. The first kappa shape index (κ1) is 10.8. The van der Waals surface area contributed by atoms with Crippen LogP contribution in [0.15, 0.2) is 0 Å². The van der Waals surface area contributed by atoms with Crippen molar-refractivity contribution in [2.24, 2.45) is 11.7 Å². The Balaban J connectivity index is 2.32. The van der Waals surface area contributed by atoms with Crippen LogP contribution >= 0.6 is 0 Å². The van der Waals surface area contributed by atoms with Gasteiger partial charge in [0.25, 0.3) is 0 Å². The van der Waals surface area contributed by atoms with Gasteiger partial charge < -0.3 is 16.0 Å². The summed E-state index contributed by atoms with van der Waals surface area (Å²) >= 11 is 0. The second-order valence-electron chi connectivity index (χ2n) is 3.78. The van der Waals surface area contributed by atoms with Gasteiger partial charge in [0.2, 0.25) is 5.91 Å². The number of carbonyl (C=O) groups is 1. The molecule has 1 atom stereocenters. The van der Waals surface area contributed by atoms with Crippen molar-refractivity contribution in [2.75, 3.05) is 19.6 Å². The Hall–Kier alpha value is -1.26. The Kier molecular flexibility index (Phi) is 3.73. The van der Waals surface area contributed by atoms with E-state index in [1.54, 1.807) is 0 Å². The zero-order valence-electron chi connectivity index (χ0n) is 8.55. The van der Waals surface area contributed by atoms with Crippen LogP contribution in [0.3, 0.4) is 0 Å². The lowest BCUT2D eigenvalue weighted by Gasteiger charge is -2.32. The van der Waals surface area contributed by atoms with E-state index in [0.29, 0.717) is 12.5 Å². The molecule has 5 heteroatoms. The van der Waals surface area contributed by atoms with Gasteiger partial charge in [-0.25, -0.2) is 0 Å². The lowest BCUT2D eigenvalue weighted by molar-refractivity contribution is -0.119. The molecular formula is C9H18N4O. The summed E-state index contributed by atoms with van der Waals surface area (Å²) in [5, 5.41) is 10.1. The van der Waals surface area contributed by atoms with Crippen molar-refractivity contribution in [3.63, 3.8) is 0 Å². The van der Waals surface area contributed by atoms with E-state index in [9.17, 15) is 4.79 Å². The second kappa shape index (κ2) is 4.83. The number of nitrogens with zero attached hydrogens (tertiary/aromatic N) is 1. The van der Waals surface area contributed by atoms with Crippen LogP contribution in [0.25, 0.3) is 0 Å². The summed E-state index contributed by atoms with van der Waals surface area (Å²) in [5.74, 6) is 0.569. The Morgan fingerprint density at radius 2 is 2.43 bits per heavy atom. The average Bonchev–Trinajstić information content (AvgIpc) is 2.15. The smallest absolute Gasteiger partial charge is 0.216 e. The average molecular weight is 198 g/mol. The van der Waals surface area contributed by atoms with E-state index in [4.69, 9.17) is 11.1 Å². The highest BCUT2D eigenvalue weighted by molar-refractivity contribution is 5.74. The largest absolute Gasteiger partial charge is 0.370 e. The third kappa shape index (κ3) is 3.24. The molecule has 4 N–H and O–H groups in total. The minimum atomic E-state index is 0.00458. The van der Waals surface area contributed by atoms with E-state index in [1.807, 2.05) is 4.90 Å². The van der Waals surface area contributed by atoms with E-state index < -0.39 is 0 Å². The first-order chi connectivity index (χ1) is 6.59. The molecule has 1 rings (SSSR count). The molecule has 1 aliphatic heterocycles. The minimum absolute atomic E-state index is 0.00458. The molecule has 0 aromatic heterocycles. The van der Waals surface area contributed by atoms with Gasteiger partial charge in [0, 0.05) is 26.6 Å². The number of likely N-dealkylation sites (tertiary alicyclic amines) is 1. The van der Waals surface area contributed by atoms with Crippen LogP contribution in [-0.4, -0.2) is 36.4 Å². The fraction of sp³-hybridized carbons (Fsp3) is 0.778. The number of nitrogens with one attached hydrogen (secondary N) is 2. The molecule has 1 amide bonds. The van der Waals surface area contributed by atoms with Gasteiger partial charge in [-0.05, 0) is 18.8 Å². The van der Waals surface area contributed by atoms with Crippen LogP contribution in [0, 0.1) is 11.3 Å². The highest BCUT2D eigenvalue weighted by atomic mass is 16.1. The number of hydrogen-bond donors (Lipinski definition) is 3. The quantitative estimate of drug-likeness (QED) is 0.422. The predicted octanol–water partition coefficient (Wildman–Crippen LogP) is -0.272. The highest BCUT2D eigenvalue weighted by Gasteiger charge is 2.20. The maximum absolute atomic E-state index is 10.7. The molecule has 0 aliphatic carbocycles. The molecule has 5 nitrogen and oxygen atoms in total. The molecule has 0 bridgehead atoms. The maximum Gasteiger partial charge on any atom is 0.216 e. The topological polar surface area (TPSA) is 82.2 Å². The molecule has 0 unspecified atom stereocenters. The zero-order chi connectivity index (χ0) is 10.6. The van der Waals surface area contributed by atoms with Crippen LogP contribution in [0.5, 0.6) is 0 Å². The Bertz CT molecular complexity index is 229. The van der Waals surface area contributed by atoms with E-state index in [1.165, 1.54) is 6.92 Å². The van der Waals surface area contributed by atoms with Gasteiger partial charge in [0.1, 0.15) is 0 Å². The van der Waals surface area contributed by atoms with Crippen LogP contribution < -0.4 is 11.1 Å². The molecule has 1 fully saturated rings. The standard InChI is InChI=1S/C9H18N4O/c1-7(14)12-5-8-3-2-4-13(6-8)9(10)11/h8H,2-6H2,1H3,(H3,10,11)(H,12,14)/t8-/m0/s1. The normalized spacial score (nSPS) is 21.8. The second-order valence-corrected chi connectivity index (χ2v) is 3.78. The van der Waals surface area contributed by atoms with E-state index >= 15 is 0 Å². The van der Waals surface area contributed by atoms with Crippen molar-refractivity contribution in [1.29, 1.82) is 5.41 Å². The van der Waals surface area contributed by atoms with Crippen molar-refractivity contribution in [3.8, 4) is 0 Å². The summed E-state index contributed by atoms with van der Waals surface area (Å²) in [4.78, 5) is 12.6. The van der Waals surface area contributed by atoms with Crippen molar-refractivity contribution in [3.05, 3.63) is 0 Å². The number of rotatable bonds is 2. The molecular weight excluding hydrogens is 180 g/mol. The van der Waals surface area contributed by atoms with Gasteiger partial charge in [-0.1, -0.05) is 0 Å². The lowest BCUT2D eigenvalue weighted by atomic mass is 9.98. The third-order valence-corrected chi connectivity index (χ3v) is 2.50. The Morgan fingerprint density at radius 1 is 1.71 bits per heavy atom. The number of piperidine rings is 1. The first-order valence-electron chi connectivity index (χ1n) is 4.93.